The summed E-state index contributed by atoms with van der Waals surface area (Å²) >= 11 is 0. The molecule has 5 nitrogen and oxygen atoms in total. The molecule has 0 unspecified atom stereocenters. The van der Waals surface area contributed by atoms with Crippen molar-refractivity contribution in [2.75, 3.05) is 5.32 Å². The Bertz CT molecular complexity index is 1210. The molecule has 4 rings (SSSR count). The van der Waals surface area contributed by atoms with Crippen LogP contribution >= 0.6 is 0 Å². The zero-order valence-electron chi connectivity index (χ0n) is 15.3. The van der Waals surface area contributed by atoms with Crippen LogP contribution in [-0.2, 0) is 6.54 Å². The highest BCUT2D eigenvalue weighted by atomic mass is 19.1. The maximum Gasteiger partial charge on any atom is 0.337 e. The number of carboxylic acids is 1. The molecular formula is C23H17FN2O3. The third-order valence-corrected chi connectivity index (χ3v) is 4.70. The van der Waals surface area contributed by atoms with E-state index in [0.717, 1.165) is 16.5 Å². The number of carbonyl (C=O) groups excluding carboxylic acids is 1. The Morgan fingerprint density at radius 1 is 0.931 bits per heavy atom. The van der Waals surface area contributed by atoms with Crippen LogP contribution in [0.2, 0.25) is 0 Å². The Kier molecular flexibility index (Phi) is 4.83. The summed E-state index contributed by atoms with van der Waals surface area (Å²) in [5.41, 5.74) is 2.32. The van der Waals surface area contributed by atoms with E-state index in [1.165, 1.54) is 18.2 Å². The van der Waals surface area contributed by atoms with E-state index in [9.17, 15) is 19.1 Å². The van der Waals surface area contributed by atoms with Gasteiger partial charge in [-0.2, -0.15) is 0 Å². The third-order valence-electron chi connectivity index (χ3n) is 4.70. The smallest absolute Gasteiger partial charge is 0.337 e. The van der Waals surface area contributed by atoms with Crippen LogP contribution in [0.4, 0.5) is 10.1 Å². The summed E-state index contributed by atoms with van der Waals surface area (Å²) in [5, 5.41) is 12.9. The Balaban J connectivity index is 1.74. The lowest BCUT2D eigenvalue weighted by Gasteiger charge is -2.12. The summed E-state index contributed by atoms with van der Waals surface area (Å²) in [4.78, 5) is 24.5. The van der Waals surface area contributed by atoms with Gasteiger partial charge in [-0.15, -0.1) is 0 Å². The number of hydrogen-bond acceptors (Lipinski definition) is 2. The van der Waals surface area contributed by atoms with Crippen molar-refractivity contribution in [3.8, 4) is 0 Å². The van der Waals surface area contributed by atoms with E-state index in [-0.39, 0.29) is 17.1 Å². The normalized spacial score (nSPS) is 10.8. The number of fused-ring (bicyclic) bond motifs is 1. The number of amides is 1. The fraction of sp³-hybridized carbons (Fsp3) is 0.0435. The van der Waals surface area contributed by atoms with Gasteiger partial charge in [0, 0.05) is 17.4 Å². The number of hydrogen-bond donors (Lipinski definition) is 2. The van der Waals surface area contributed by atoms with Gasteiger partial charge in [0.05, 0.1) is 11.3 Å². The summed E-state index contributed by atoms with van der Waals surface area (Å²) in [6, 6.07) is 21.7. The van der Waals surface area contributed by atoms with Crippen LogP contribution in [0.5, 0.6) is 0 Å². The minimum atomic E-state index is -1.12. The monoisotopic (exact) mass is 388 g/mol. The Morgan fingerprint density at radius 3 is 2.38 bits per heavy atom. The summed E-state index contributed by atoms with van der Waals surface area (Å²) in [5.74, 6) is -1.86. The van der Waals surface area contributed by atoms with Crippen LogP contribution in [0.1, 0.15) is 26.4 Å². The van der Waals surface area contributed by atoms with Crippen molar-refractivity contribution in [1.82, 2.24) is 4.57 Å². The average molecular weight is 388 g/mol. The van der Waals surface area contributed by atoms with Crippen molar-refractivity contribution in [2.24, 2.45) is 0 Å². The lowest BCUT2D eigenvalue weighted by molar-refractivity contribution is 0.0698. The molecule has 0 aliphatic rings. The largest absolute Gasteiger partial charge is 0.478 e. The zero-order chi connectivity index (χ0) is 20.4. The lowest BCUT2D eigenvalue weighted by Crippen LogP contribution is -2.19. The number of rotatable bonds is 5. The van der Waals surface area contributed by atoms with Gasteiger partial charge in [0.15, 0.2) is 0 Å². The SMILES string of the molecule is O=C(O)c1ccccc1NC(=O)c1cc2ccccc2n1Cc1ccc(F)cc1. The van der Waals surface area contributed by atoms with Crippen LogP contribution in [0.25, 0.3) is 10.9 Å². The minimum Gasteiger partial charge on any atom is -0.478 e. The highest BCUT2D eigenvalue weighted by Gasteiger charge is 2.18. The lowest BCUT2D eigenvalue weighted by atomic mass is 10.1. The molecule has 0 spiro atoms. The first kappa shape index (κ1) is 18.4. The minimum absolute atomic E-state index is 0.0158. The van der Waals surface area contributed by atoms with Crippen molar-refractivity contribution in [3.05, 3.63) is 102 Å². The molecule has 0 saturated heterocycles. The van der Waals surface area contributed by atoms with E-state index in [1.807, 2.05) is 28.8 Å². The molecular weight excluding hydrogens is 371 g/mol. The molecule has 1 heterocycles. The molecule has 3 aromatic carbocycles. The number of carboxylic acid groups (broad SMARTS) is 1. The van der Waals surface area contributed by atoms with Gasteiger partial charge in [-0.05, 0) is 42.0 Å². The Hall–Kier alpha value is -3.93. The van der Waals surface area contributed by atoms with Crippen LogP contribution in [0, 0.1) is 5.82 Å². The van der Waals surface area contributed by atoms with Gasteiger partial charge < -0.3 is 15.0 Å². The predicted molar refractivity (Wildman–Crippen MR) is 109 cm³/mol. The highest BCUT2D eigenvalue weighted by Crippen LogP contribution is 2.23. The number of nitrogens with one attached hydrogen (secondary N) is 1. The van der Waals surface area contributed by atoms with Gasteiger partial charge in [-0.1, -0.05) is 42.5 Å². The fourth-order valence-electron chi connectivity index (χ4n) is 3.31. The molecule has 1 aromatic heterocycles. The molecule has 4 aromatic rings. The first-order chi connectivity index (χ1) is 14.0. The van der Waals surface area contributed by atoms with Gasteiger partial charge >= 0.3 is 5.97 Å². The number of benzene rings is 3. The Morgan fingerprint density at radius 2 is 1.62 bits per heavy atom. The van der Waals surface area contributed by atoms with Crippen molar-refractivity contribution >= 4 is 28.5 Å². The molecule has 0 fully saturated rings. The highest BCUT2D eigenvalue weighted by molar-refractivity contribution is 6.09. The van der Waals surface area contributed by atoms with Crippen molar-refractivity contribution in [2.45, 2.75) is 6.54 Å². The molecule has 29 heavy (non-hydrogen) atoms. The van der Waals surface area contributed by atoms with E-state index >= 15 is 0 Å². The van der Waals surface area contributed by atoms with Crippen LogP contribution < -0.4 is 5.32 Å². The Labute approximate surface area is 166 Å². The number of anilines is 1. The second-order valence-electron chi connectivity index (χ2n) is 6.61. The van der Waals surface area contributed by atoms with Gasteiger partial charge in [0.25, 0.3) is 5.91 Å². The zero-order valence-corrected chi connectivity index (χ0v) is 15.3. The van der Waals surface area contributed by atoms with Gasteiger partial charge in [0.1, 0.15) is 11.5 Å². The van der Waals surface area contributed by atoms with E-state index < -0.39 is 11.9 Å². The number of nitrogens with zero attached hydrogens (tertiary/aromatic N) is 1. The second-order valence-corrected chi connectivity index (χ2v) is 6.61. The first-order valence-electron chi connectivity index (χ1n) is 8.99. The third kappa shape index (κ3) is 3.73. The number of aromatic carboxylic acids is 1. The molecule has 2 N–H and O–H groups in total. The maximum absolute atomic E-state index is 13.3. The van der Waals surface area contributed by atoms with Crippen LogP contribution in [0.3, 0.4) is 0 Å². The summed E-state index contributed by atoms with van der Waals surface area (Å²) in [7, 11) is 0. The summed E-state index contributed by atoms with van der Waals surface area (Å²) < 4.78 is 15.1. The number of para-hydroxylation sites is 2. The second kappa shape index (κ2) is 7.59. The summed E-state index contributed by atoms with van der Waals surface area (Å²) in [6.07, 6.45) is 0. The molecule has 144 valence electrons. The predicted octanol–water partition coefficient (Wildman–Crippen LogP) is 4.78. The summed E-state index contributed by atoms with van der Waals surface area (Å²) in [6.45, 7) is 0.372. The van der Waals surface area contributed by atoms with Crippen LogP contribution in [0.15, 0.2) is 78.9 Å². The van der Waals surface area contributed by atoms with E-state index in [1.54, 1.807) is 36.4 Å². The molecule has 0 aliphatic carbocycles. The first-order valence-corrected chi connectivity index (χ1v) is 8.99. The van der Waals surface area contributed by atoms with Gasteiger partial charge in [-0.3, -0.25) is 4.79 Å². The maximum atomic E-state index is 13.3. The molecule has 0 aliphatic heterocycles. The quantitative estimate of drug-likeness (QED) is 0.517. The number of carbonyl (C=O) groups is 2. The molecule has 0 atom stereocenters. The molecule has 0 bridgehead atoms. The number of halogens is 1. The average Bonchev–Trinajstić information content (AvgIpc) is 3.08. The standard InChI is InChI=1S/C23H17FN2O3/c24-17-11-9-15(10-12-17)14-26-20-8-4-1-5-16(20)13-21(26)22(27)25-19-7-3-2-6-18(19)23(28)29/h1-13H,14H2,(H,25,27)(H,28,29). The van der Waals surface area contributed by atoms with E-state index in [4.69, 9.17) is 0 Å². The van der Waals surface area contributed by atoms with Crippen molar-refractivity contribution in [1.29, 1.82) is 0 Å². The molecule has 0 saturated carbocycles. The van der Waals surface area contributed by atoms with Crippen molar-refractivity contribution in [3.63, 3.8) is 0 Å². The van der Waals surface area contributed by atoms with Crippen molar-refractivity contribution < 1.29 is 19.1 Å². The van der Waals surface area contributed by atoms with E-state index in [2.05, 4.69) is 5.32 Å². The molecule has 1 amide bonds. The molecule has 6 heteroatoms. The van der Waals surface area contributed by atoms with Gasteiger partial charge in [-0.25, -0.2) is 9.18 Å². The number of aromatic nitrogens is 1. The fourth-order valence-corrected chi connectivity index (χ4v) is 3.31. The van der Waals surface area contributed by atoms with Gasteiger partial charge in [0.2, 0.25) is 0 Å². The topological polar surface area (TPSA) is 71.3 Å². The van der Waals surface area contributed by atoms with Crippen LogP contribution in [-0.4, -0.2) is 21.6 Å². The molecule has 0 radical (unpaired) electrons. The van der Waals surface area contributed by atoms with E-state index in [0.29, 0.717) is 12.2 Å².